The first-order chi connectivity index (χ1) is 16.3. The minimum atomic E-state index is 0.213. The van der Waals surface area contributed by atoms with E-state index in [2.05, 4.69) is 20.4 Å². The molecule has 0 atom stereocenters. The minimum absolute atomic E-state index is 0.213. The van der Waals surface area contributed by atoms with Gasteiger partial charge in [0.1, 0.15) is 12.4 Å². The van der Waals surface area contributed by atoms with Crippen LogP contribution in [0.1, 0.15) is 11.7 Å². The number of nitrogens with zero attached hydrogens (tertiary/aromatic N) is 5. The molecule has 7 nitrogen and oxygen atoms in total. The summed E-state index contributed by atoms with van der Waals surface area (Å²) in [4.78, 5) is 0. The zero-order valence-corrected chi connectivity index (χ0v) is 18.9. The normalized spacial score (nSPS) is 10.9. The lowest BCUT2D eigenvalue weighted by atomic mass is 10.2. The lowest BCUT2D eigenvalue weighted by Crippen LogP contribution is -2.06. The molecule has 0 radical (unpaired) electrons. The third-order valence-electron chi connectivity index (χ3n) is 4.72. The number of hydrogen-bond acceptors (Lipinski definition) is 7. The molecular weight excluding hydrogens is 458 g/mol. The number of hydrogen-bond donors (Lipinski definition) is 0. The Kier molecular flexibility index (Phi) is 6.37. The first-order valence-electron chi connectivity index (χ1n) is 10.2. The molecule has 0 aliphatic rings. The van der Waals surface area contributed by atoms with Gasteiger partial charge in [0.15, 0.2) is 11.0 Å². The van der Waals surface area contributed by atoms with Gasteiger partial charge in [-0.25, -0.2) is 0 Å². The average molecular weight is 476 g/mol. The average Bonchev–Trinajstić information content (AvgIpc) is 3.50. The summed E-state index contributed by atoms with van der Waals surface area (Å²) in [7, 11) is 0. The number of thioether (sulfide) groups is 1. The molecular formula is C24H18ClN5O2S. The molecule has 0 saturated heterocycles. The molecule has 0 bridgehead atoms. The molecule has 5 rings (SSSR count). The molecule has 0 amide bonds. The third kappa shape index (κ3) is 4.92. The quantitative estimate of drug-likeness (QED) is 0.261. The standard InChI is InChI=1S/C24H18ClN5O2S/c25-19-13-7-8-14-20(19)31-15-21-26-29-24(30(21)18-11-5-2-6-12-18)33-16-22-27-28-23(32-22)17-9-3-1-4-10-17/h1-14H,15-16H2. The molecule has 33 heavy (non-hydrogen) atoms. The van der Waals surface area contributed by atoms with Crippen molar-refractivity contribution in [3.8, 4) is 22.9 Å². The van der Waals surface area contributed by atoms with Crippen LogP contribution in [0.2, 0.25) is 5.02 Å². The second-order valence-electron chi connectivity index (χ2n) is 6.94. The summed E-state index contributed by atoms with van der Waals surface area (Å²) in [5.41, 5.74) is 1.81. The first-order valence-corrected chi connectivity index (χ1v) is 11.5. The van der Waals surface area contributed by atoms with Gasteiger partial charge in [-0.1, -0.05) is 71.9 Å². The molecule has 0 fully saturated rings. The second kappa shape index (κ2) is 9.89. The molecule has 2 heterocycles. The summed E-state index contributed by atoms with van der Waals surface area (Å²) in [6.45, 7) is 0.213. The van der Waals surface area contributed by atoms with Crippen LogP contribution in [0, 0.1) is 0 Å². The molecule has 9 heteroatoms. The fraction of sp³-hybridized carbons (Fsp3) is 0.0833. The van der Waals surface area contributed by atoms with E-state index in [0.717, 1.165) is 11.3 Å². The Morgan fingerprint density at radius 3 is 2.33 bits per heavy atom. The van der Waals surface area contributed by atoms with E-state index in [4.69, 9.17) is 20.8 Å². The maximum atomic E-state index is 6.22. The van der Waals surface area contributed by atoms with Gasteiger partial charge in [0.25, 0.3) is 0 Å². The summed E-state index contributed by atoms with van der Waals surface area (Å²) in [6.07, 6.45) is 0. The van der Waals surface area contributed by atoms with E-state index in [-0.39, 0.29) is 6.61 Å². The van der Waals surface area contributed by atoms with Crippen molar-refractivity contribution in [3.63, 3.8) is 0 Å². The van der Waals surface area contributed by atoms with Crippen molar-refractivity contribution in [2.24, 2.45) is 0 Å². The van der Waals surface area contributed by atoms with Crippen LogP contribution < -0.4 is 4.74 Å². The predicted molar refractivity (Wildman–Crippen MR) is 126 cm³/mol. The number of ether oxygens (including phenoxy) is 1. The maximum Gasteiger partial charge on any atom is 0.247 e. The topological polar surface area (TPSA) is 78.9 Å². The van der Waals surface area contributed by atoms with Crippen LogP contribution >= 0.6 is 23.4 Å². The van der Waals surface area contributed by atoms with Crippen LogP contribution in [-0.4, -0.2) is 25.0 Å². The van der Waals surface area contributed by atoms with Gasteiger partial charge >= 0.3 is 0 Å². The number of aromatic nitrogens is 5. The Hall–Kier alpha value is -3.62. The Bertz CT molecular complexity index is 1340. The Morgan fingerprint density at radius 1 is 0.818 bits per heavy atom. The van der Waals surface area contributed by atoms with Crippen molar-refractivity contribution in [1.82, 2.24) is 25.0 Å². The second-order valence-corrected chi connectivity index (χ2v) is 8.29. The fourth-order valence-electron chi connectivity index (χ4n) is 3.16. The zero-order valence-electron chi connectivity index (χ0n) is 17.3. The maximum absolute atomic E-state index is 6.22. The largest absolute Gasteiger partial charge is 0.484 e. The van der Waals surface area contributed by atoms with E-state index < -0.39 is 0 Å². The van der Waals surface area contributed by atoms with Crippen LogP contribution in [0.5, 0.6) is 5.75 Å². The number of halogens is 1. The zero-order chi connectivity index (χ0) is 22.5. The van der Waals surface area contributed by atoms with E-state index in [1.54, 1.807) is 6.07 Å². The van der Waals surface area contributed by atoms with Crippen LogP contribution in [0.25, 0.3) is 17.1 Å². The third-order valence-corrected chi connectivity index (χ3v) is 5.95. The fourth-order valence-corrected chi connectivity index (χ4v) is 4.16. The number of rotatable bonds is 8. The molecule has 0 aliphatic heterocycles. The van der Waals surface area contributed by atoms with Crippen LogP contribution in [-0.2, 0) is 12.4 Å². The Balaban J connectivity index is 1.36. The predicted octanol–water partition coefficient (Wildman–Crippen LogP) is 5.84. The van der Waals surface area contributed by atoms with Gasteiger partial charge < -0.3 is 9.15 Å². The van der Waals surface area contributed by atoms with Crippen molar-refractivity contribution in [3.05, 3.63) is 102 Å². The molecule has 0 unspecified atom stereocenters. The molecule has 0 spiro atoms. The van der Waals surface area contributed by atoms with Crippen LogP contribution in [0.15, 0.2) is 94.5 Å². The summed E-state index contributed by atoms with van der Waals surface area (Å²) in [5.74, 6) is 2.70. The van der Waals surface area contributed by atoms with Gasteiger partial charge in [0.05, 0.1) is 10.8 Å². The highest BCUT2D eigenvalue weighted by Crippen LogP contribution is 2.28. The SMILES string of the molecule is Clc1ccccc1OCc1nnc(SCc2nnc(-c3ccccc3)o2)n1-c1ccccc1. The highest BCUT2D eigenvalue weighted by Gasteiger charge is 2.17. The van der Waals surface area contributed by atoms with E-state index in [9.17, 15) is 0 Å². The van der Waals surface area contributed by atoms with E-state index in [1.807, 2.05) is 83.4 Å². The van der Waals surface area contributed by atoms with Gasteiger partial charge in [-0.15, -0.1) is 20.4 Å². The summed E-state index contributed by atoms with van der Waals surface area (Å²) in [5, 5.41) is 18.3. The number of benzene rings is 3. The minimum Gasteiger partial charge on any atom is -0.484 e. The van der Waals surface area contributed by atoms with Gasteiger partial charge in [0.2, 0.25) is 11.8 Å². The molecule has 0 N–H and O–H groups in total. The van der Waals surface area contributed by atoms with Crippen molar-refractivity contribution in [2.75, 3.05) is 0 Å². The smallest absolute Gasteiger partial charge is 0.247 e. The summed E-state index contributed by atoms with van der Waals surface area (Å²) < 4.78 is 13.7. The molecule has 164 valence electrons. The first kappa shape index (κ1) is 21.2. The van der Waals surface area contributed by atoms with Crippen molar-refractivity contribution >= 4 is 23.4 Å². The molecule has 0 aliphatic carbocycles. The lowest BCUT2D eigenvalue weighted by molar-refractivity contribution is 0.293. The summed E-state index contributed by atoms with van der Waals surface area (Å²) >= 11 is 7.68. The van der Waals surface area contributed by atoms with Crippen LogP contribution in [0.4, 0.5) is 0 Å². The van der Waals surface area contributed by atoms with Gasteiger partial charge in [-0.2, -0.15) is 0 Å². The molecule has 0 saturated carbocycles. The monoisotopic (exact) mass is 475 g/mol. The van der Waals surface area contributed by atoms with E-state index in [1.165, 1.54) is 11.8 Å². The van der Waals surface area contributed by atoms with Gasteiger partial charge in [-0.05, 0) is 36.4 Å². The van der Waals surface area contributed by atoms with E-state index >= 15 is 0 Å². The van der Waals surface area contributed by atoms with Crippen LogP contribution in [0.3, 0.4) is 0 Å². The summed E-state index contributed by atoms with van der Waals surface area (Å²) in [6, 6.07) is 26.9. The van der Waals surface area contributed by atoms with Gasteiger partial charge in [0, 0.05) is 11.3 Å². The van der Waals surface area contributed by atoms with E-state index in [0.29, 0.717) is 39.3 Å². The highest BCUT2D eigenvalue weighted by atomic mass is 35.5. The van der Waals surface area contributed by atoms with Crippen molar-refractivity contribution in [1.29, 1.82) is 0 Å². The molecule has 2 aromatic heterocycles. The molecule has 3 aromatic carbocycles. The molecule has 5 aromatic rings. The highest BCUT2D eigenvalue weighted by molar-refractivity contribution is 7.98. The Labute approximate surface area is 199 Å². The number of para-hydroxylation sites is 2. The van der Waals surface area contributed by atoms with Crippen molar-refractivity contribution in [2.45, 2.75) is 17.5 Å². The Morgan fingerprint density at radius 2 is 1.55 bits per heavy atom. The van der Waals surface area contributed by atoms with Gasteiger partial charge in [-0.3, -0.25) is 4.57 Å². The van der Waals surface area contributed by atoms with Crippen molar-refractivity contribution < 1.29 is 9.15 Å². The lowest BCUT2D eigenvalue weighted by Gasteiger charge is -2.11.